The van der Waals surface area contributed by atoms with Crippen LogP contribution in [0.1, 0.15) is 69.7 Å². The Bertz CT molecular complexity index is 1430. The predicted molar refractivity (Wildman–Crippen MR) is 169 cm³/mol. The first kappa shape index (κ1) is 26.6. The second kappa shape index (κ2) is 10.6. The molecule has 3 aliphatic rings. The molecule has 0 N–H and O–H groups in total. The lowest BCUT2D eigenvalue weighted by atomic mass is 9.76. The topological polar surface area (TPSA) is 0 Å². The van der Waals surface area contributed by atoms with E-state index in [1.54, 1.807) is 5.57 Å². The molecule has 1 atom stereocenters. The molecule has 5 rings (SSSR count). The van der Waals surface area contributed by atoms with Gasteiger partial charge in [-0.1, -0.05) is 137 Å². The Labute approximate surface area is 234 Å². The normalized spacial score (nSPS) is 22.6. The molecule has 0 bridgehead atoms. The number of benzene rings is 2. The van der Waals surface area contributed by atoms with E-state index >= 15 is 0 Å². The summed E-state index contributed by atoms with van der Waals surface area (Å²) >= 11 is 1.97. The van der Waals surface area contributed by atoms with Gasteiger partial charge in [0.15, 0.2) is 0 Å². The Kier molecular flexibility index (Phi) is 7.43. The Morgan fingerprint density at radius 2 is 1.82 bits per heavy atom. The Morgan fingerprint density at radius 1 is 1.05 bits per heavy atom. The van der Waals surface area contributed by atoms with E-state index in [-0.39, 0.29) is 5.41 Å². The molecule has 194 valence electrons. The van der Waals surface area contributed by atoms with Crippen LogP contribution in [0.4, 0.5) is 0 Å². The Morgan fingerprint density at radius 3 is 2.50 bits per heavy atom. The van der Waals surface area contributed by atoms with Crippen molar-refractivity contribution in [1.29, 1.82) is 0 Å². The third-order valence-electron chi connectivity index (χ3n) is 8.62. The van der Waals surface area contributed by atoms with Gasteiger partial charge < -0.3 is 0 Å². The zero-order valence-electron chi connectivity index (χ0n) is 23.6. The monoisotopic (exact) mass is 516 g/mol. The fraction of sp³-hybridized carbons (Fsp3) is 0.297. The molecule has 0 radical (unpaired) electrons. The zero-order valence-corrected chi connectivity index (χ0v) is 24.4. The second-order valence-electron chi connectivity index (χ2n) is 11.6. The molecular weight excluding hydrogens is 476 g/mol. The van der Waals surface area contributed by atoms with Crippen LogP contribution in [0.15, 0.2) is 119 Å². The van der Waals surface area contributed by atoms with Crippen molar-refractivity contribution in [3.05, 3.63) is 141 Å². The third-order valence-corrected chi connectivity index (χ3v) is 9.83. The van der Waals surface area contributed by atoms with Crippen molar-refractivity contribution in [2.45, 2.75) is 59.3 Å². The maximum atomic E-state index is 4.36. The lowest BCUT2D eigenvalue weighted by Gasteiger charge is -2.28. The van der Waals surface area contributed by atoms with Crippen LogP contribution in [0, 0.1) is 11.8 Å². The fourth-order valence-electron chi connectivity index (χ4n) is 6.29. The summed E-state index contributed by atoms with van der Waals surface area (Å²) in [6.07, 6.45) is 14.4. The molecule has 1 heteroatoms. The van der Waals surface area contributed by atoms with Gasteiger partial charge in [-0.15, -0.1) is 0 Å². The van der Waals surface area contributed by atoms with Crippen LogP contribution < -0.4 is 0 Å². The summed E-state index contributed by atoms with van der Waals surface area (Å²) in [5.74, 6) is 0.843. The van der Waals surface area contributed by atoms with Crippen molar-refractivity contribution in [3.63, 3.8) is 0 Å². The van der Waals surface area contributed by atoms with Crippen LogP contribution in [0.2, 0.25) is 0 Å². The van der Waals surface area contributed by atoms with Gasteiger partial charge in [-0.25, -0.2) is 0 Å². The molecule has 0 amide bonds. The van der Waals surface area contributed by atoms with Crippen LogP contribution in [0.3, 0.4) is 0 Å². The van der Waals surface area contributed by atoms with E-state index < -0.39 is 0 Å². The maximum Gasteiger partial charge on any atom is 0.0196 e. The Hall–Kier alpha value is -3.03. The number of fused-ring (bicyclic) bond motifs is 1. The summed E-state index contributed by atoms with van der Waals surface area (Å²) in [4.78, 5) is 2.88. The summed E-state index contributed by atoms with van der Waals surface area (Å²) in [6, 6.07) is 17.9. The van der Waals surface area contributed by atoms with Gasteiger partial charge in [0.25, 0.3) is 0 Å². The molecule has 2 aromatic rings. The van der Waals surface area contributed by atoms with E-state index in [2.05, 4.69) is 121 Å². The number of hydrogen-bond acceptors (Lipinski definition) is 1. The molecule has 0 saturated carbocycles. The van der Waals surface area contributed by atoms with Crippen molar-refractivity contribution < 1.29 is 0 Å². The van der Waals surface area contributed by atoms with Gasteiger partial charge in [-0.05, 0) is 75.6 Å². The number of thioether (sulfide) groups is 1. The quantitative estimate of drug-likeness (QED) is 0.368. The molecule has 0 fully saturated rings. The van der Waals surface area contributed by atoms with E-state index in [4.69, 9.17) is 0 Å². The third kappa shape index (κ3) is 4.67. The average Bonchev–Trinajstić information content (AvgIpc) is 3.44. The molecule has 0 aromatic heterocycles. The SMILES string of the molecule is C=C/C=C1\Cc2c(C(=CC)C3CC=C(c4ccccc4)C4=C3C/C(=C\C(=C)C(C)C)S4)cccc2C1(C)C. The van der Waals surface area contributed by atoms with E-state index in [0.717, 1.165) is 19.3 Å². The standard InChI is InChI=1S/C37H40S/c1-8-14-27-22-33-31(17-13-18-35(33)37(27,6)7)29(9-2)32-20-19-30(26-15-11-10-12-16-26)36-34(32)23-28(38-36)21-25(5)24(3)4/h8-19,21,24,32H,1,5,20,22-23H2,2-4,6-7H3/b27-14+,28-21+,29-9?. The van der Waals surface area contributed by atoms with Crippen LogP contribution in [0.5, 0.6) is 0 Å². The molecule has 1 aliphatic heterocycles. The molecule has 1 heterocycles. The highest BCUT2D eigenvalue weighted by molar-refractivity contribution is 8.07. The first-order valence-corrected chi connectivity index (χ1v) is 14.7. The molecule has 0 spiro atoms. The summed E-state index contributed by atoms with van der Waals surface area (Å²) < 4.78 is 0. The molecule has 38 heavy (non-hydrogen) atoms. The molecule has 0 nitrogen and oxygen atoms in total. The lowest BCUT2D eigenvalue weighted by Crippen LogP contribution is -2.15. The van der Waals surface area contributed by atoms with E-state index in [9.17, 15) is 0 Å². The van der Waals surface area contributed by atoms with Gasteiger partial charge in [-0.2, -0.15) is 0 Å². The largest absolute Gasteiger partial charge is 0.0991 e. The molecule has 1 unspecified atom stereocenters. The van der Waals surface area contributed by atoms with E-state index in [1.165, 1.54) is 54.4 Å². The smallest absolute Gasteiger partial charge is 0.0196 e. The minimum Gasteiger partial charge on any atom is -0.0991 e. The summed E-state index contributed by atoms with van der Waals surface area (Å²) in [5, 5.41) is 0. The van der Waals surface area contributed by atoms with Gasteiger partial charge in [0.1, 0.15) is 0 Å². The molecule has 0 saturated heterocycles. The number of hydrogen-bond donors (Lipinski definition) is 0. The summed E-state index contributed by atoms with van der Waals surface area (Å²) in [7, 11) is 0. The highest BCUT2D eigenvalue weighted by Gasteiger charge is 2.38. The van der Waals surface area contributed by atoms with Gasteiger partial charge >= 0.3 is 0 Å². The van der Waals surface area contributed by atoms with Gasteiger partial charge in [0.2, 0.25) is 0 Å². The van der Waals surface area contributed by atoms with Crippen LogP contribution in [0.25, 0.3) is 11.1 Å². The Balaban J connectivity index is 1.59. The van der Waals surface area contributed by atoms with Crippen LogP contribution >= 0.6 is 11.8 Å². The van der Waals surface area contributed by atoms with Crippen molar-refractivity contribution in [1.82, 2.24) is 0 Å². The average molecular weight is 517 g/mol. The highest BCUT2D eigenvalue weighted by atomic mass is 32.2. The molecular formula is C37H40S. The minimum absolute atomic E-state index is 0.0338. The minimum atomic E-state index is 0.0338. The fourth-order valence-corrected chi connectivity index (χ4v) is 7.64. The van der Waals surface area contributed by atoms with Crippen molar-refractivity contribution >= 4 is 22.9 Å². The molecule has 2 aliphatic carbocycles. The van der Waals surface area contributed by atoms with Gasteiger partial charge in [0, 0.05) is 22.7 Å². The predicted octanol–water partition coefficient (Wildman–Crippen LogP) is 10.6. The summed E-state index contributed by atoms with van der Waals surface area (Å²) in [5.41, 5.74) is 12.8. The van der Waals surface area contributed by atoms with Crippen LogP contribution in [-0.2, 0) is 11.8 Å². The maximum absolute atomic E-state index is 4.36. The first-order chi connectivity index (χ1) is 18.3. The second-order valence-corrected chi connectivity index (χ2v) is 12.7. The first-order valence-electron chi connectivity index (χ1n) is 13.9. The molecule has 2 aromatic carbocycles. The lowest BCUT2D eigenvalue weighted by molar-refractivity contribution is 0.644. The van der Waals surface area contributed by atoms with Crippen molar-refractivity contribution in [2.75, 3.05) is 0 Å². The number of allylic oxidation sites excluding steroid dienone is 11. The summed E-state index contributed by atoms with van der Waals surface area (Å²) in [6.45, 7) is 19.8. The highest BCUT2D eigenvalue weighted by Crippen LogP contribution is 2.56. The van der Waals surface area contributed by atoms with Gasteiger partial charge in [0.05, 0.1) is 0 Å². The van der Waals surface area contributed by atoms with Gasteiger partial charge in [-0.3, -0.25) is 0 Å². The van der Waals surface area contributed by atoms with Crippen LogP contribution in [-0.4, -0.2) is 0 Å². The number of rotatable bonds is 6. The van der Waals surface area contributed by atoms with E-state index in [0.29, 0.717) is 11.8 Å². The van der Waals surface area contributed by atoms with E-state index in [1.807, 2.05) is 17.8 Å². The van der Waals surface area contributed by atoms with Crippen molar-refractivity contribution in [2.24, 2.45) is 11.8 Å². The zero-order chi connectivity index (χ0) is 27.0. The van der Waals surface area contributed by atoms with Crippen molar-refractivity contribution in [3.8, 4) is 0 Å².